The molecule has 1 fully saturated rings. The maximum Gasteiger partial charge on any atom is 0.387 e. The number of ether oxygens (including phenoxy) is 1. The summed E-state index contributed by atoms with van der Waals surface area (Å²) in [6, 6.07) is 14.1. The van der Waals surface area contributed by atoms with Crippen LogP contribution in [-0.2, 0) is 0 Å². The van der Waals surface area contributed by atoms with Crippen LogP contribution in [0.5, 0.6) is 5.75 Å². The molecule has 3 aromatic rings. The third-order valence-corrected chi connectivity index (χ3v) is 5.49. The number of hydrogen-bond donors (Lipinski definition) is 2. The maximum atomic E-state index is 12.7. The molecule has 2 atom stereocenters. The van der Waals surface area contributed by atoms with Crippen LogP contribution in [0.2, 0.25) is 0 Å². The fourth-order valence-corrected chi connectivity index (χ4v) is 3.86. The molecule has 2 unspecified atom stereocenters. The van der Waals surface area contributed by atoms with Gasteiger partial charge in [-0.1, -0.05) is 24.3 Å². The molecule has 1 aromatic heterocycles. The lowest BCUT2D eigenvalue weighted by Gasteiger charge is -2.22. The molecule has 1 aliphatic heterocycles. The van der Waals surface area contributed by atoms with E-state index in [4.69, 9.17) is 0 Å². The summed E-state index contributed by atoms with van der Waals surface area (Å²) < 4.78 is 31.9. The minimum atomic E-state index is -2.88. The topological polar surface area (TPSA) is 71.4 Å². The van der Waals surface area contributed by atoms with Crippen LogP contribution in [0.1, 0.15) is 24.9 Å². The van der Waals surface area contributed by atoms with Gasteiger partial charge in [0, 0.05) is 37.2 Å². The zero-order chi connectivity index (χ0) is 22.5. The van der Waals surface area contributed by atoms with Gasteiger partial charge in [-0.2, -0.15) is 8.78 Å². The molecular formula is C23H25F2N5O2. The Kier molecular flexibility index (Phi) is 6.53. The number of carbonyl (C=O) groups is 1. The molecule has 0 saturated carbocycles. The van der Waals surface area contributed by atoms with E-state index in [0.29, 0.717) is 25.2 Å². The van der Waals surface area contributed by atoms with Crippen LogP contribution in [0.4, 0.5) is 19.3 Å². The number of halogens is 2. The molecule has 0 spiro atoms. The molecule has 0 bridgehead atoms. The Bertz CT molecular complexity index is 1030. The third-order valence-electron chi connectivity index (χ3n) is 5.49. The lowest BCUT2D eigenvalue weighted by molar-refractivity contribution is -0.0495. The molecule has 7 nitrogen and oxygen atoms in total. The van der Waals surface area contributed by atoms with Crippen molar-refractivity contribution in [1.29, 1.82) is 0 Å². The Morgan fingerprint density at radius 2 is 1.97 bits per heavy atom. The van der Waals surface area contributed by atoms with Gasteiger partial charge in [0.05, 0.1) is 18.1 Å². The predicted octanol–water partition coefficient (Wildman–Crippen LogP) is 4.11. The van der Waals surface area contributed by atoms with Crippen LogP contribution in [0.3, 0.4) is 0 Å². The second-order valence-electron chi connectivity index (χ2n) is 7.68. The van der Waals surface area contributed by atoms with Crippen molar-refractivity contribution in [2.75, 3.05) is 18.0 Å². The zero-order valence-corrected chi connectivity index (χ0v) is 17.6. The molecule has 32 heavy (non-hydrogen) atoms. The SMILES string of the molecule is CC(NC(=O)NC1CCN(c2ccccc2OC(F)F)C1)c1ccc(-n2ccnc2)cc1. The summed E-state index contributed by atoms with van der Waals surface area (Å²) in [5.74, 6) is 0.139. The van der Waals surface area contributed by atoms with Crippen LogP contribution in [0.15, 0.2) is 67.3 Å². The molecule has 168 valence electrons. The number of para-hydroxylation sites is 2. The van der Waals surface area contributed by atoms with Gasteiger partial charge in [-0.3, -0.25) is 0 Å². The van der Waals surface area contributed by atoms with Crippen molar-refractivity contribution in [3.63, 3.8) is 0 Å². The summed E-state index contributed by atoms with van der Waals surface area (Å²) in [6.07, 6.45) is 6.03. The number of carbonyl (C=O) groups excluding carboxylic acids is 1. The molecule has 2 amide bonds. The Morgan fingerprint density at radius 1 is 1.19 bits per heavy atom. The molecule has 2 N–H and O–H groups in total. The summed E-state index contributed by atoms with van der Waals surface area (Å²) >= 11 is 0. The fourth-order valence-electron chi connectivity index (χ4n) is 3.86. The average Bonchev–Trinajstić information content (AvgIpc) is 3.46. The molecule has 1 saturated heterocycles. The lowest BCUT2D eigenvalue weighted by atomic mass is 10.1. The molecular weight excluding hydrogens is 416 g/mol. The van der Waals surface area contributed by atoms with Gasteiger partial charge < -0.3 is 24.8 Å². The first-order chi connectivity index (χ1) is 15.5. The highest BCUT2D eigenvalue weighted by Crippen LogP contribution is 2.31. The highest BCUT2D eigenvalue weighted by molar-refractivity contribution is 5.75. The third kappa shape index (κ3) is 5.16. The van der Waals surface area contributed by atoms with Crippen molar-refractivity contribution in [2.24, 2.45) is 0 Å². The fraction of sp³-hybridized carbons (Fsp3) is 0.304. The monoisotopic (exact) mass is 441 g/mol. The number of hydrogen-bond acceptors (Lipinski definition) is 4. The summed E-state index contributed by atoms with van der Waals surface area (Å²) in [4.78, 5) is 18.5. The van der Waals surface area contributed by atoms with E-state index in [2.05, 4.69) is 20.4 Å². The number of anilines is 1. The summed E-state index contributed by atoms with van der Waals surface area (Å²) in [5, 5.41) is 5.94. The van der Waals surface area contributed by atoms with E-state index in [1.165, 1.54) is 6.07 Å². The molecule has 4 rings (SSSR count). The van der Waals surface area contributed by atoms with Gasteiger partial charge in [0.25, 0.3) is 0 Å². The standard InChI is InChI=1S/C23H25F2N5O2/c1-16(17-6-8-19(9-7-17)30-13-11-26-15-30)27-23(31)28-18-10-12-29(14-18)20-4-2-3-5-21(20)32-22(24)25/h2-9,11,13,15-16,18,22H,10,12,14H2,1H3,(H2,27,28,31). The molecule has 9 heteroatoms. The minimum absolute atomic E-state index is 0.0922. The lowest BCUT2D eigenvalue weighted by Crippen LogP contribution is -2.44. The van der Waals surface area contributed by atoms with Crippen LogP contribution in [0.25, 0.3) is 5.69 Å². The quantitative estimate of drug-likeness (QED) is 0.579. The smallest absolute Gasteiger partial charge is 0.387 e. The van der Waals surface area contributed by atoms with Crippen molar-refractivity contribution in [3.8, 4) is 11.4 Å². The van der Waals surface area contributed by atoms with Crippen molar-refractivity contribution < 1.29 is 18.3 Å². The number of alkyl halides is 2. The number of rotatable bonds is 7. The van der Waals surface area contributed by atoms with E-state index in [1.54, 1.807) is 30.7 Å². The van der Waals surface area contributed by atoms with E-state index in [1.807, 2.05) is 46.9 Å². The van der Waals surface area contributed by atoms with E-state index in [0.717, 1.165) is 11.3 Å². The summed E-state index contributed by atoms with van der Waals surface area (Å²) in [5.41, 5.74) is 2.57. The van der Waals surface area contributed by atoms with E-state index in [-0.39, 0.29) is 23.9 Å². The molecule has 0 radical (unpaired) electrons. The Morgan fingerprint density at radius 3 is 2.69 bits per heavy atom. The first kappa shape index (κ1) is 21.6. The number of amides is 2. The number of benzene rings is 2. The molecule has 1 aliphatic rings. The Labute approximate surface area is 185 Å². The van der Waals surface area contributed by atoms with Crippen molar-refractivity contribution in [2.45, 2.75) is 32.0 Å². The van der Waals surface area contributed by atoms with Gasteiger partial charge in [-0.05, 0) is 43.2 Å². The van der Waals surface area contributed by atoms with E-state index in [9.17, 15) is 13.6 Å². The van der Waals surface area contributed by atoms with Crippen molar-refractivity contribution in [1.82, 2.24) is 20.2 Å². The molecule has 2 aromatic carbocycles. The van der Waals surface area contributed by atoms with Crippen LogP contribution in [-0.4, -0.2) is 41.3 Å². The first-order valence-corrected chi connectivity index (χ1v) is 10.4. The normalized spacial score (nSPS) is 16.8. The van der Waals surface area contributed by atoms with Crippen LogP contribution < -0.4 is 20.3 Å². The van der Waals surface area contributed by atoms with Crippen molar-refractivity contribution in [3.05, 3.63) is 72.8 Å². The Balaban J connectivity index is 1.30. The maximum absolute atomic E-state index is 12.7. The number of nitrogens with zero attached hydrogens (tertiary/aromatic N) is 3. The van der Waals surface area contributed by atoms with Crippen LogP contribution in [0, 0.1) is 0 Å². The van der Waals surface area contributed by atoms with Gasteiger partial charge in [-0.15, -0.1) is 0 Å². The molecule has 0 aliphatic carbocycles. The minimum Gasteiger partial charge on any atom is -0.433 e. The highest BCUT2D eigenvalue weighted by Gasteiger charge is 2.26. The second-order valence-corrected chi connectivity index (χ2v) is 7.68. The zero-order valence-electron chi connectivity index (χ0n) is 17.6. The highest BCUT2D eigenvalue weighted by atomic mass is 19.3. The Hall–Kier alpha value is -3.62. The van der Waals surface area contributed by atoms with Gasteiger partial charge in [-0.25, -0.2) is 9.78 Å². The van der Waals surface area contributed by atoms with Gasteiger partial charge in [0.1, 0.15) is 5.75 Å². The summed E-state index contributed by atoms with van der Waals surface area (Å²) in [6.45, 7) is 0.198. The average molecular weight is 441 g/mol. The van der Waals surface area contributed by atoms with Gasteiger partial charge in [0.2, 0.25) is 0 Å². The predicted molar refractivity (Wildman–Crippen MR) is 117 cm³/mol. The number of aromatic nitrogens is 2. The first-order valence-electron chi connectivity index (χ1n) is 10.4. The number of imidazole rings is 1. The number of nitrogens with one attached hydrogen (secondary N) is 2. The van der Waals surface area contributed by atoms with Crippen LogP contribution >= 0.6 is 0 Å². The second kappa shape index (κ2) is 9.67. The van der Waals surface area contributed by atoms with E-state index >= 15 is 0 Å². The van der Waals surface area contributed by atoms with E-state index < -0.39 is 6.61 Å². The van der Waals surface area contributed by atoms with Crippen molar-refractivity contribution >= 4 is 11.7 Å². The number of urea groups is 1. The molecule has 2 heterocycles. The van der Waals surface area contributed by atoms with Gasteiger partial charge >= 0.3 is 12.6 Å². The largest absolute Gasteiger partial charge is 0.433 e. The van der Waals surface area contributed by atoms with Gasteiger partial charge in [0.15, 0.2) is 0 Å². The summed E-state index contributed by atoms with van der Waals surface area (Å²) in [7, 11) is 0.